The largest absolute Gasteiger partial charge is 0.397 e. The van der Waals surface area contributed by atoms with Crippen molar-refractivity contribution < 1.29 is 4.79 Å². The molecule has 0 aliphatic heterocycles. The SMILES string of the molecule is Nc1cccc(Cl)c1NC(=O)CC1CCC1. The number of carbonyl (C=O) groups excluding carboxylic acids is 1. The lowest BCUT2D eigenvalue weighted by Crippen LogP contribution is -2.21. The summed E-state index contributed by atoms with van der Waals surface area (Å²) in [6.45, 7) is 0. The van der Waals surface area contributed by atoms with Crippen LogP contribution in [0.2, 0.25) is 5.02 Å². The summed E-state index contributed by atoms with van der Waals surface area (Å²) in [5.74, 6) is 0.549. The molecule has 1 amide bonds. The third-order valence-corrected chi connectivity index (χ3v) is 3.32. The van der Waals surface area contributed by atoms with Crippen molar-refractivity contribution in [1.29, 1.82) is 0 Å². The predicted octanol–water partition coefficient (Wildman–Crippen LogP) is 3.05. The van der Waals surface area contributed by atoms with Crippen molar-refractivity contribution in [3.05, 3.63) is 23.2 Å². The number of anilines is 2. The maximum absolute atomic E-state index is 11.7. The average Bonchev–Trinajstić information content (AvgIpc) is 2.18. The Bertz CT molecular complexity index is 382. The van der Waals surface area contributed by atoms with Gasteiger partial charge < -0.3 is 11.1 Å². The van der Waals surface area contributed by atoms with Crippen molar-refractivity contribution >= 4 is 28.9 Å². The number of nitrogens with two attached hydrogens (primary N) is 1. The molecule has 0 saturated heterocycles. The molecule has 1 fully saturated rings. The topological polar surface area (TPSA) is 55.1 Å². The zero-order valence-electron chi connectivity index (χ0n) is 9.00. The molecule has 4 heteroatoms. The smallest absolute Gasteiger partial charge is 0.224 e. The molecule has 0 aromatic heterocycles. The first-order valence-electron chi connectivity index (χ1n) is 5.50. The molecule has 1 aliphatic carbocycles. The Kier molecular flexibility index (Phi) is 3.34. The molecule has 86 valence electrons. The summed E-state index contributed by atoms with van der Waals surface area (Å²) in [5, 5.41) is 3.27. The van der Waals surface area contributed by atoms with Crippen LogP contribution in [0, 0.1) is 5.92 Å². The van der Waals surface area contributed by atoms with Gasteiger partial charge in [0.2, 0.25) is 5.91 Å². The standard InChI is InChI=1S/C12H15ClN2O/c13-9-5-2-6-10(14)12(9)15-11(16)7-8-3-1-4-8/h2,5-6,8H,1,3-4,7,14H2,(H,15,16). The maximum atomic E-state index is 11.7. The maximum Gasteiger partial charge on any atom is 0.224 e. The fourth-order valence-electron chi connectivity index (χ4n) is 1.82. The third-order valence-electron chi connectivity index (χ3n) is 3.01. The van der Waals surface area contributed by atoms with Crippen molar-refractivity contribution in [3.63, 3.8) is 0 Å². The number of rotatable bonds is 3. The normalized spacial score (nSPS) is 15.6. The molecule has 3 N–H and O–H groups in total. The van der Waals surface area contributed by atoms with E-state index >= 15 is 0 Å². The van der Waals surface area contributed by atoms with E-state index in [0.717, 1.165) is 12.8 Å². The van der Waals surface area contributed by atoms with Gasteiger partial charge in [0.25, 0.3) is 0 Å². The molecule has 0 heterocycles. The van der Waals surface area contributed by atoms with Gasteiger partial charge in [-0.3, -0.25) is 4.79 Å². The van der Waals surface area contributed by atoms with E-state index in [0.29, 0.717) is 28.7 Å². The first-order valence-corrected chi connectivity index (χ1v) is 5.88. The molecule has 0 unspecified atom stereocenters. The molecule has 0 bridgehead atoms. The number of hydrogen-bond acceptors (Lipinski definition) is 2. The lowest BCUT2D eigenvalue weighted by atomic mass is 9.83. The fourth-order valence-corrected chi connectivity index (χ4v) is 2.05. The van der Waals surface area contributed by atoms with Crippen LogP contribution in [0.3, 0.4) is 0 Å². The van der Waals surface area contributed by atoms with Gasteiger partial charge in [-0.15, -0.1) is 0 Å². The van der Waals surface area contributed by atoms with E-state index in [1.807, 2.05) is 0 Å². The molecule has 0 radical (unpaired) electrons. The Labute approximate surface area is 100.0 Å². The van der Waals surface area contributed by atoms with Crippen LogP contribution in [0.4, 0.5) is 11.4 Å². The van der Waals surface area contributed by atoms with Crippen LogP contribution in [0.5, 0.6) is 0 Å². The summed E-state index contributed by atoms with van der Waals surface area (Å²) in [5.41, 5.74) is 6.79. The second-order valence-electron chi connectivity index (χ2n) is 4.25. The van der Waals surface area contributed by atoms with Crippen LogP contribution < -0.4 is 11.1 Å². The van der Waals surface area contributed by atoms with Crippen LogP contribution in [-0.4, -0.2) is 5.91 Å². The highest BCUT2D eigenvalue weighted by atomic mass is 35.5. The Morgan fingerprint density at radius 3 is 2.81 bits per heavy atom. The summed E-state index contributed by atoms with van der Waals surface area (Å²) in [4.78, 5) is 11.7. The van der Waals surface area contributed by atoms with Crippen molar-refractivity contribution in [1.82, 2.24) is 0 Å². The summed E-state index contributed by atoms with van der Waals surface area (Å²) in [6, 6.07) is 5.21. The van der Waals surface area contributed by atoms with Gasteiger partial charge in [0.05, 0.1) is 16.4 Å². The number of benzene rings is 1. The molecule has 1 saturated carbocycles. The highest BCUT2D eigenvalue weighted by molar-refractivity contribution is 6.34. The first-order chi connectivity index (χ1) is 7.66. The Morgan fingerprint density at radius 2 is 2.25 bits per heavy atom. The highest BCUT2D eigenvalue weighted by Gasteiger charge is 2.21. The van der Waals surface area contributed by atoms with E-state index in [-0.39, 0.29) is 5.91 Å². The third kappa shape index (κ3) is 2.47. The summed E-state index contributed by atoms with van der Waals surface area (Å²) in [7, 11) is 0. The minimum Gasteiger partial charge on any atom is -0.397 e. The monoisotopic (exact) mass is 238 g/mol. The van der Waals surface area contributed by atoms with Crippen LogP contribution >= 0.6 is 11.6 Å². The lowest BCUT2D eigenvalue weighted by Gasteiger charge is -2.24. The zero-order valence-corrected chi connectivity index (χ0v) is 9.76. The van der Waals surface area contributed by atoms with Crippen molar-refractivity contribution in [2.45, 2.75) is 25.7 Å². The molecule has 1 aromatic rings. The number of nitrogen functional groups attached to an aromatic ring is 1. The summed E-state index contributed by atoms with van der Waals surface area (Å²) >= 11 is 5.96. The molecular formula is C12H15ClN2O. The zero-order chi connectivity index (χ0) is 11.5. The number of hydrogen-bond donors (Lipinski definition) is 2. The van der Waals surface area contributed by atoms with Crippen LogP contribution in [-0.2, 0) is 4.79 Å². The molecule has 0 spiro atoms. The van der Waals surface area contributed by atoms with Gasteiger partial charge in [0.1, 0.15) is 0 Å². The average molecular weight is 239 g/mol. The minimum absolute atomic E-state index is 0.00417. The molecular weight excluding hydrogens is 224 g/mol. The molecule has 16 heavy (non-hydrogen) atoms. The van der Waals surface area contributed by atoms with Gasteiger partial charge in [0, 0.05) is 6.42 Å². The van der Waals surface area contributed by atoms with E-state index in [1.54, 1.807) is 18.2 Å². The number of amides is 1. The van der Waals surface area contributed by atoms with E-state index in [2.05, 4.69) is 5.32 Å². The minimum atomic E-state index is 0.00417. The second-order valence-corrected chi connectivity index (χ2v) is 4.66. The van der Waals surface area contributed by atoms with Crippen molar-refractivity contribution in [3.8, 4) is 0 Å². The number of para-hydroxylation sites is 1. The van der Waals surface area contributed by atoms with Crippen molar-refractivity contribution in [2.24, 2.45) is 5.92 Å². The van der Waals surface area contributed by atoms with Crippen LogP contribution in [0.1, 0.15) is 25.7 Å². The molecule has 3 nitrogen and oxygen atoms in total. The van der Waals surface area contributed by atoms with Crippen molar-refractivity contribution in [2.75, 3.05) is 11.1 Å². The van der Waals surface area contributed by atoms with Crippen LogP contribution in [0.15, 0.2) is 18.2 Å². The summed E-state index contributed by atoms with van der Waals surface area (Å²) in [6.07, 6.45) is 4.13. The van der Waals surface area contributed by atoms with E-state index in [1.165, 1.54) is 6.42 Å². The van der Waals surface area contributed by atoms with Crippen LogP contribution in [0.25, 0.3) is 0 Å². The van der Waals surface area contributed by atoms with Gasteiger partial charge in [-0.05, 0) is 30.9 Å². The first kappa shape index (κ1) is 11.3. The highest BCUT2D eigenvalue weighted by Crippen LogP contribution is 2.31. The fraction of sp³-hybridized carbons (Fsp3) is 0.417. The number of nitrogens with one attached hydrogen (secondary N) is 1. The van der Waals surface area contributed by atoms with Gasteiger partial charge in [-0.25, -0.2) is 0 Å². The predicted molar refractivity (Wildman–Crippen MR) is 66.5 cm³/mol. The van der Waals surface area contributed by atoms with Gasteiger partial charge in [-0.2, -0.15) is 0 Å². The molecule has 1 aliphatic rings. The van der Waals surface area contributed by atoms with Gasteiger partial charge in [-0.1, -0.05) is 24.1 Å². The molecule has 1 aromatic carbocycles. The lowest BCUT2D eigenvalue weighted by molar-refractivity contribution is -0.117. The quantitative estimate of drug-likeness (QED) is 0.796. The van der Waals surface area contributed by atoms with E-state index in [9.17, 15) is 4.79 Å². The Morgan fingerprint density at radius 1 is 1.50 bits per heavy atom. The Hall–Kier alpha value is -1.22. The summed E-state index contributed by atoms with van der Waals surface area (Å²) < 4.78 is 0. The second kappa shape index (κ2) is 4.74. The van der Waals surface area contributed by atoms with E-state index < -0.39 is 0 Å². The van der Waals surface area contributed by atoms with E-state index in [4.69, 9.17) is 17.3 Å². The number of halogens is 1. The Balaban J connectivity index is 1.99. The molecule has 0 atom stereocenters. The molecule has 2 rings (SSSR count). The van der Waals surface area contributed by atoms with Gasteiger partial charge >= 0.3 is 0 Å². The number of carbonyl (C=O) groups is 1. The van der Waals surface area contributed by atoms with Gasteiger partial charge in [0.15, 0.2) is 0 Å².